The number of rotatable bonds is 5. The van der Waals surface area contributed by atoms with Gasteiger partial charge in [0, 0.05) is 31.5 Å². The van der Waals surface area contributed by atoms with Crippen molar-refractivity contribution >= 4 is 11.7 Å². The molecule has 160 valence electrons. The molecule has 1 unspecified atom stereocenters. The van der Waals surface area contributed by atoms with E-state index in [4.69, 9.17) is 9.36 Å². The Kier molecular flexibility index (Phi) is 5.27. The van der Waals surface area contributed by atoms with Crippen LogP contribution in [0.1, 0.15) is 50.1 Å². The largest absolute Gasteiger partial charge is 0.391 e. The lowest BCUT2D eigenvalue weighted by molar-refractivity contribution is -0.134. The van der Waals surface area contributed by atoms with Gasteiger partial charge in [0.1, 0.15) is 11.7 Å². The molecule has 0 saturated carbocycles. The van der Waals surface area contributed by atoms with Crippen LogP contribution in [0.25, 0.3) is 0 Å². The van der Waals surface area contributed by atoms with Gasteiger partial charge in [-0.05, 0) is 12.8 Å². The van der Waals surface area contributed by atoms with Crippen LogP contribution < -0.4 is 5.32 Å². The van der Waals surface area contributed by atoms with Crippen molar-refractivity contribution in [2.45, 2.75) is 57.9 Å². The van der Waals surface area contributed by atoms with Crippen molar-refractivity contribution in [2.24, 2.45) is 11.1 Å². The van der Waals surface area contributed by atoms with E-state index in [1.165, 1.54) is 0 Å². The van der Waals surface area contributed by atoms with Crippen LogP contribution in [0.15, 0.2) is 46.1 Å². The van der Waals surface area contributed by atoms with Crippen molar-refractivity contribution in [3.05, 3.63) is 53.4 Å². The molecule has 4 rings (SSSR count). The van der Waals surface area contributed by atoms with Crippen LogP contribution in [0.4, 0.5) is 0 Å². The molecular weight excluding hydrogens is 384 g/mol. The Morgan fingerprint density at radius 3 is 2.70 bits per heavy atom. The summed E-state index contributed by atoms with van der Waals surface area (Å²) in [6.45, 7) is 7.91. The first-order valence-corrected chi connectivity index (χ1v) is 10.3. The Hall–Kier alpha value is -2.87. The van der Waals surface area contributed by atoms with Crippen LogP contribution >= 0.6 is 0 Å². The molecule has 2 aliphatic heterocycles. The highest BCUT2D eigenvalue weighted by Crippen LogP contribution is 2.33. The second-order valence-corrected chi connectivity index (χ2v) is 8.58. The fourth-order valence-corrected chi connectivity index (χ4v) is 4.22. The maximum Gasteiger partial charge on any atom is 0.234 e. The normalized spacial score (nSPS) is 27.0. The summed E-state index contributed by atoms with van der Waals surface area (Å²) in [5.41, 5.74) is 0.839. The van der Waals surface area contributed by atoms with Gasteiger partial charge in [-0.25, -0.2) is 0 Å². The van der Waals surface area contributed by atoms with Gasteiger partial charge in [0.05, 0.1) is 17.8 Å². The predicted molar refractivity (Wildman–Crippen MR) is 110 cm³/mol. The number of hydrogen-bond acceptors (Lipinski definition) is 7. The van der Waals surface area contributed by atoms with Crippen molar-refractivity contribution in [3.63, 3.8) is 0 Å². The number of aryl methyl sites for hydroxylation is 1. The molecule has 1 saturated heterocycles. The standard InChI is InChI=1S/C22H28N4O4/c1-13(2)19(18-10-14(3)24-29-18)21(28)26-12-16(27)11-17(26)20-23-22(4,30-25-20)15-8-6-5-7-9-15/h5-10,13,16-17,19,27H,11-12H2,1-4H3,(H,23,25)/t16-,17+,19+,22?/m1/s1. The van der Waals surface area contributed by atoms with Crippen molar-refractivity contribution in [1.29, 1.82) is 0 Å². The molecule has 3 heterocycles. The van der Waals surface area contributed by atoms with Crippen LogP contribution in [-0.4, -0.2) is 45.6 Å². The number of carbonyl (C=O) groups is 1. The van der Waals surface area contributed by atoms with Crippen LogP contribution in [0.3, 0.4) is 0 Å². The smallest absolute Gasteiger partial charge is 0.234 e. The van der Waals surface area contributed by atoms with Crippen LogP contribution in [0, 0.1) is 12.8 Å². The van der Waals surface area contributed by atoms with E-state index in [0.717, 1.165) is 11.3 Å². The predicted octanol–water partition coefficient (Wildman–Crippen LogP) is 2.49. The third kappa shape index (κ3) is 3.67. The van der Waals surface area contributed by atoms with Gasteiger partial charge in [-0.3, -0.25) is 4.79 Å². The number of aliphatic hydroxyl groups excluding tert-OH is 1. The van der Waals surface area contributed by atoms with E-state index in [0.29, 0.717) is 18.0 Å². The maximum absolute atomic E-state index is 13.5. The third-order valence-corrected chi connectivity index (χ3v) is 5.78. The summed E-state index contributed by atoms with van der Waals surface area (Å²) in [5.74, 6) is 0.498. The van der Waals surface area contributed by atoms with Crippen LogP contribution in [0.5, 0.6) is 0 Å². The number of carbonyl (C=O) groups excluding carboxylic acids is 1. The van der Waals surface area contributed by atoms with Gasteiger partial charge in [-0.1, -0.05) is 54.5 Å². The van der Waals surface area contributed by atoms with Gasteiger partial charge in [-0.15, -0.1) is 0 Å². The molecule has 0 spiro atoms. The molecule has 2 aromatic rings. The molecule has 4 atom stereocenters. The molecule has 2 aliphatic rings. The van der Waals surface area contributed by atoms with E-state index in [-0.39, 0.29) is 18.4 Å². The Labute approximate surface area is 175 Å². The minimum absolute atomic E-state index is 0.00699. The summed E-state index contributed by atoms with van der Waals surface area (Å²) in [5, 5.41) is 21.9. The fraction of sp³-hybridized carbons (Fsp3) is 0.500. The van der Waals surface area contributed by atoms with Gasteiger partial charge in [0.15, 0.2) is 5.84 Å². The van der Waals surface area contributed by atoms with Crippen molar-refractivity contribution < 1.29 is 19.3 Å². The first-order chi connectivity index (χ1) is 14.3. The SMILES string of the molecule is Cc1cc([C@@H](C(=O)N2C[C@H](O)C[C@H]2C2=NOC(C)(c3ccccc3)N2)C(C)C)on1. The topological polar surface area (TPSA) is 100 Å². The third-order valence-electron chi connectivity index (χ3n) is 5.78. The summed E-state index contributed by atoms with van der Waals surface area (Å²) in [6.07, 6.45) is -0.234. The second kappa shape index (κ2) is 7.75. The summed E-state index contributed by atoms with van der Waals surface area (Å²) in [7, 11) is 0. The minimum Gasteiger partial charge on any atom is -0.391 e. The summed E-state index contributed by atoms with van der Waals surface area (Å²) < 4.78 is 5.42. The molecule has 0 radical (unpaired) electrons. The van der Waals surface area contributed by atoms with Gasteiger partial charge in [0.2, 0.25) is 11.6 Å². The highest BCUT2D eigenvalue weighted by Gasteiger charge is 2.46. The van der Waals surface area contributed by atoms with Crippen molar-refractivity contribution in [1.82, 2.24) is 15.4 Å². The number of aliphatic hydroxyl groups is 1. The van der Waals surface area contributed by atoms with E-state index in [1.54, 1.807) is 11.0 Å². The lowest BCUT2D eigenvalue weighted by atomic mass is 9.91. The number of nitrogens with zero attached hydrogens (tertiary/aromatic N) is 3. The summed E-state index contributed by atoms with van der Waals surface area (Å²) >= 11 is 0. The second-order valence-electron chi connectivity index (χ2n) is 8.58. The quantitative estimate of drug-likeness (QED) is 0.783. The number of hydrogen-bond donors (Lipinski definition) is 2. The van der Waals surface area contributed by atoms with E-state index >= 15 is 0 Å². The van der Waals surface area contributed by atoms with Crippen molar-refractivity contribution in [3.8, 4) is 0 Å². The Morgan fingerprint density at radius 1 is 1.33 bits per heavy atom. The van der Waals surface area contributed by atoms with Crippen LogP contribution in [-0.2, 0) is 15.4 Å². The zero-order chi connectivity index (χ0) is 21.5. The zero-order valence-corrected chi connectivity index (χ0v) is 17.7. The summed E-state index contributed by atoms with van der Waals surface area (Å²) in [6, 6.07) is 11.1. The first-order valence-electron chi connectivity index (χ1n) is 10.3. The number of benzene rings is 1. The summed E-state index contributed by atoms with van der Waals surface area (Å²) in [4.78, 5) is 21.0. The van der Waals surface area contributed by atoms with Gasteiger partial charge < -0.3 is 24.7 Å². The molecule has 1 aromatic carbocycles. The molecule has 0 aliphatic carbocycles. The highest BCUT2D eigenvalue weighted by atomic mass is 16.7. The fourth-order valence-electron chi connectivity index (χ4n) is 4.22. The number of nitrogens with one attached hydrogen (secondary N) is 1. The molecular formula is C22H28N4O4. The van der Waals surface area contributed by atoms with E-state index in [1.807, 2.05) is 58.0 Å². The molecule has 30 heavy (non-hydrogen) atoms. The van der Waals surface area contributed by atoms with Gasteiger partial charge >= 0.3 is 0 Å². The molecule has 8 nitrogen and oxygen atoms in total. The van der Waals surface area contributed by atoms with Gasteiger partial charge in [-0.2, -0.15) is 0 Å². The molecule has 0 bridgehead atoms. The lowest BCUT2D eigenvalue weighted by Crippen LogP contribution is -2.50. The average Bonchev–Trinajstić information content (AvgIpc) is 3.41. The molecule has 1 fully saturated rings. The number of amidine groups is 1. The molecule has 1 aromatic heterocycles. The first kappa shape index (κ1) is 20.4. The van der Waals surface area contributed by atoms with Crippen molar-refractivity contribution in [2.75, 3.05) is 6.54 Å². The van der Waals surface area contributed by atoms with E-state index < -0.39 is 23.8 Å². The number of aromatic nitrogens is 1. The molecule has 2 N–H and O–H groups in total. The number of β-amino-alcohol motifs (C(OH)–C–C–N with tert-alkyl or cyclic N) is 1. The van der Waals surface area contributed by atoms with E-state index in [9.17, 15) is 9.90 Å². The Morgan fingerprint density at radius 2 is 2.07 bits per heavy atom. The Bertz CT molecular complexity index is 942. The highest BCUT2D eigenvalue weighted by molar-refractivity contribution is 5.94. The monoisotopic (exact) mass is 412 g/mol. The van der Waals surface area contributed by atoms with Gasteiger partial charge in [0.25, 0.3) is 0 Å². The Balaban J connectivity index is 1.57. The minimum atomic E-state index is -0.821. The average molecular weight is 412 g/mol. The van der Waals surface area contributed by atoms with Crippen LogP contribution in [0.2, 0.25) is 0 Å². The van der Waals surface area contributed by atoms with E-state index in [2.05, 4.69) is 15.6 Å². The maximum atomic E-state index is 13.5. The number of likely N-dealkylation sites (tertiary alicyclic amines) is 1. The zero-order valence-electron chi connectivity index (χ0n) is 17.7. The molecule has 8 heteroatoms. The number of oxime groups is 1. The lowest BCUT2D eigenvalue weighted by Gasteiger charge is -2.30. The number of amides is 1. The molecule has 1 amide bonds.